The van der Waals surface area contributed by atoms with Gasteiger partial charge in [-0.05, 0) is 12.1 Å². The van der Waals surface area contributed by atoms with Gasteiger partial charge in [0, 0.05) is 14.1 Å². The summed E-state index contributed by atoms with van der Waals surface area (Å²) in [6.45, 7) is 0. The molecule has 0 spiro atoms. The van der Waals surface area contributed by atoms with Crippen molar-refractivity contribution in [3.05, 3.63) is 61.8 Å². The van der Waals surface area contributed by atoms with E-state index in [2.05, 4.69) is 5.32 Å². The molecule has 10 heteroatoms. The Hall–Kier alpha value is -3.56. The highest BCUT2D eigenvalue weighted by Gasteiger charge is 2.42. The van der Waals surface area contributed by atoms with Crippen LogP contribution in [0.5, 0.6) is 0 Å². The number of nitrogens with one attached hydrogen (secondary N) is 1. The van der Waals surface area contributed by atoms with E-state index < -0.39 is 29.1 Å². The smallest absolute Gasteiger partial charge is 0.355 e. The SMILES string of the molecule is COC(=O)C1=C(C(=O)OC)C(c2ccco2)c2c(n(C)c(=O)n(C)c2=O)N1. The quantitative estimate of drug-likeness (QED) is 0.734. The summed E-state index contributed by atoms with van der Waals surface area (Å²) < 4.78 is 17.1. The Bertz CT molecular complexity index is 1070. The molecule has 0 aliphatic carbocycles. The van der Waals surface area contributed by atoms with Gasteiger partial charge in [0.25, 0.3) is 5.56 Å². The van der Waals surface area contributed by atoms with Crippen LogP contribution in [0.3, 0.4) is 0 Å². The number of aromatic nitrogens is 2. The van der Waals surface area contributed by atoms with Crippen molar-refractivity contribution >= 4 is 17.8 Å². The van der Waals surface area contributed by atoms with Crippen molar-refractivity contribution in [2.75, 3.05) is 19.5 Å². The van der Waals surface area contributed by atoms with Gasteiger partial charge in [-0.25, -0.2) is 14.4 Å². The Balaban J connectivity index is 2.46. The molecule has 142 valence electrons. The Morgan fingerprint density at radius 3 is 2.33 bits per heavy atom. The van der Waals surface area contributed by atoms with Crippen molar-refractivity contribution in [2.24, 2.45) is 14.1 Å². The Labute approximate surface area is 152 Å². The van der Waals surface area contributed by atoms with Gasteiger partial charge in [0.05, 0.1) is 37.5 Å². The number of hydrogen-bond acceptors (Lipinski definition) is 8. The van der Waals surface area contributed by atoms with Gasteiger partial charge in [-0.3, -0.25) is 13.9 Å². The van der Waals surface area contributed by atoms with Crippen molar-refractivity contribution in [3.63, 3.8) is 0 Å². The Kier molecular flexibility index (Phi) is 4.48. The maximum atomic E-state index is 12.9. The molecule has 27 heavy (non-hydrogen) atoms. The van der Waals surface area contributed by atoms with E-state index in [0.717, 1.165) is 18.8 Å². The third-order valence-electron chi connectivity index (χ3n) is 4.41. The van der Waals surface area contributed by atoms with Gasteiger partial charge in [0.15, 0.2) is 0 Å². The Morgan fingerprint density at radius 2 is 1.78 bits per heavy atom. The number of fused-ring (bicyclic) bond motifs is 1. The highest BCUT2D eigenvalue weighted by molar-refractivity contribution is 6.05. The summed E-state index contributed by atoms with van der Waals surface area (Å²) in [6, 6.07) is 3.14. The summed E-state index contributed by atoms with van der Waals surface area (Å²) in [5, 5.41) is 2.69. The van der Waals surface area contributed by atoms with Crippen LogP contribution in [0.15, 0.2) is 43.7 Å². The summed E-state index contributed by atoms with van der Waals surface area (Å²) in [4.78, 5) is 50.0. The minimum absolute atomic E-state index is 0.0672. The lowest BCUT2D eigenvalue weighted by Crippen LogP contribution is -2.44. The monoisotopic (exact) mass is 375 g/mol. The predicted octanol–water partition coefficient (Wildman–Crippen LogP) is -0.166. The highest BCUT2D eigenvalue weighted by atomic mass is 16.5. The lowest BCUT2D eigenvalue weighted by Gasteiger charge is -2.29. The van der Waals surface area contributed by atoms with Crippen molar-refractivity contribution in [1.82, 2.24) is 9.13 Å². The number of rotatable bonds is 3. The van der Waals surface area contributed by atoms with E-state index in [1.807, 2.05) is 0 Å². The molecule has 1 unspecified atom stereocenters. The van der Waals surface area contributed by atoms with Gasteiger partial charge >= 0.3 is 17.6 Å². The molecule has 0 radical (unpaired) electrons. The highest BCUT2D eigenvalue weighted by Crippen LogP contribution is 2.40. The maximum Gasteiger partial charge on any atom is 0.355 e. The number of methoxy groups -OCH3 is 2. The van der Waals surface area contributed by atoms with Crippen LogP contribution >= 0.6 is 0 Å². The molecular weight excluding hydrogens is 358 g/mol. The molecule has 0 bridgehead atoms. The van der Waals surface area contributed by atoms with Crippen LogP contribution in [0.4, 0.5) is 5.82 Å². The van der Waals surface area contributed by atoms with Crippen LogP contribution in [0.2, 0.25) is 0 Å². The van der Waals surface area contributed by atoms with Crippen molar-refractivity contribution < 1.29 is 23.5 Å². The number of anilines is 1. The van der Waals surface area contributed by atoms with Gasteiger partial charge in [-0.1, -0.05) is 0 Å². The van der Waals surface area contributed by atoms with E-state index >= 15 is 0 Å². The zero-order chi connectivity index (χ0) is 19.9. The zero-order valence-corrected chi connectivity index (χ0v) is 15.1. The minimum atomic E-state index is -1.07. The lowest BCUT2D eigenvalue weighted by molar-refractivity contribution is -0.139. The van der Waals surface area contributed by atoms with Crippen LogP contribution in [0.1, 0.15) is 17.2 Å². The fourth-order valence-corrected chi connectivity index (χ4v) is 3.09. The van der Waals surface area contributed by atoms with Gasteiger partial charge < -0.3 is 19.2 Å². The second-order valence-electron chi connectivity index (χ2n) is 5.81. The van der Waals surface area contributed by atoms with E-state index in [0.29, 0.717) is 0 Å². The molecule has 0 saturated carbocycles. The van der Waals surface area contributed by atoms with Crippen LogP contribution in [-0.2, 0) is 33.2 Å². The summed E-state index contributed by atoms with van der Waals surface area (Å²) in [5.74, 6) is -2.47. The molecule has 2 aromatic rings. The molecule has 2 aromatic heterocycles. The number of hydrogen-bond donors (Lipinski definition) is 1. The number of furan rings is 1. The van der Waals surface area contributed by atoms with Gasteiger partial charge in [-0.15, -0.1) is 0 Å². The molecule has 10 nitrogen and oxygen atoms in total. The average Bonchev–Trinajstić information content (AvgIpc) is 3.22. The molecule has 3 rings (SSSR count). The maximum absolute atomic E-state index is 12.9. The van der Waals surface area contributed by atoms with E-state index in [-0.39, 0.29) is 28.4 Å². The second kappa shape index (κ2) is 6.63. The molecule has 0 saturated heterocycles. The third-order valence-corrected chi connectivity index (χ3v) is 4.41. The van der Waals surface area contributed by atoms with Gasteiger partial charge in [0.1, 0.15) is 17.3 Å². The first-order valence-electron chi connectivity index (χ1n) is 7.84. The van der Waals surface area contributed by atoms with E-state index in [4.69, 9.17) is 13.9 Å². The van der Waals surface area contributed by atoms with Gasteiger partial charge in [-0.2, -0.15) is 0 Å². The fourth-order valence-electron chi connectivity index (χ4n) is 3.09. The van der Waals surface area contributed by atoms with E-state index in [1.165, 1.54) is 24.9 Å². The first-order chi connectivity index (χ1) is 12.8. The van der Waals surface area contributed by atoms with Gasteiger partial charge in [0.2, 0.25) is 0 Å². The van der Waals surface area contributed by atoms with Crippen LogP contribution in [0.25, 0.3) is 0 Å². The molecule has 0 fully saturated rings. The average molecular weight is 375 g/mol. The number of carbonyl (C=O) groups is 2. The van der Waals surface area contributed by atoms with E-state index in [1.54, 1.807) is 12.1 Å². The summed E-state index contributed by atoms with van der Waals surface area (Å²) in [5.41, 5.74) is -1.55. The predicted molar refractivity (Wildman–Crippen MR) is 92.2 cm³/mol. The van der Waals surface area contributed by atoms with Crippen molar-refractivity contribution in [2.45, 2.75) is 5.92 Å². The standard InChI is InChI=1S/C17H17N3O7/c1-19-13-11(14(21)20(2)17(19)24)9(8-6-5-7-27-8)10(15(22)25-3)12(18-13)16(23)26-4/h5-7,9,18H,1-4H3. The topological polar surface area (TPSA) is 122 Å². The van der Waals surface area contributed by atoms with Crippen LogP contribution < -0.4 is 16.6 Å². The lowest BCUT2D eigenvalue weighted by atomic mass is 9.85. The fraction of sp³-hybridized carbons (Fsp3) is 0.294. The third kappa shape index (κ3) is 2.65. The molecule has 1 N–H and O–H groups in total. The molecule has 1 aliphatic heterocycles. The number of esters is 2. The molecule has 3 heterocycles. The molecule has 0 aromatic carbocycles. The number of ether oxygens (including phenoxy) is 2. The summed E-state index contributed by atoms with van der Waals surface area (Å²) in [6.07, 6.45) is 1.37. The first kappa shape index (κ1) is 18.2. The van der Waals surface area contributed by atoms with Crippen molar-refractivity contribution in [3.8, 4) is 0 Å². The summed E-state index contributed by atoms with van der Waals surface area (Å²) in [7, 11) is 5.05. The number of nitrogens with zero attached hydrogens (tertiary/aromatic N) is 2. The minimum Gasteiger partial charge on any atom is -0.468 e. The zero-order valence-electron chi connectivity index (χ0n) is 15.1. The normalized spacial score (nSPS) is 15.8. The van der Waals surface area contributed by atoms with Crippen molar-refractivity contribution in [1.29, 1.82) is 0 Å². The Morgan fingerprint density at radius 1 is 1.11 bits per heavy atom. The molecule has 1 atom stereocenters. The number of carbonyl (C=O) groups excluding carboxylic acids is 2. The van der Waals surface area contributed by atoms with E-state index in [9.17, 15) is 19.2 Å². The van der Waals surface area contributed by atoms with Crippen LogP contribution in [0, 0.1) is 0 Å². The largest absolute Gasteiger partial charge is 0.468 e. The molecule has 1 aliphatic rings. The second-order valence-corrected chi connectivity index (χ2v) is 5.81. The summed E-state index contributed by atoms with van der Waals surface area (Å²) >= 11 is 0. The van der Waals surface area contributed by atoms with Crippen LogP contribution in [-0.4, -0.2) is 35.3 Å². The first-order valence-corrected chi connectivity index (χ1v) is 7.84. The molecule has 0 amide bonds. The molecular formula is C17H17N3O7.